The van der Waals surface area contributed by atoms with Gasteiger partial charge in [0.1, 0.15) is 12.0 Å². The van der Waals surface area contributed by atoms with Gasteiger partial charge in [-0.3, -0.25) is 4.79 Å². The Kier molecular flexibility index (Phi) is 3.15. The number of aromatic nitrogens is 1. The second kappa shape index (κ2) is 4.06. The van der Waals surface area contributed by atoms with Crippen molar-refractivity contribution in [1.29, 1.82) is 0 Å². The van der Waals surface area contributed by atoms with Crippen LogP contribution in [0.2, 0.25) is 0 Å². The number of rotatable bonds is 3. The van der Waals surface area contributed by atoms with E-state index in [4.69, 9.17) is 0 Å². The highest BCUT2D eigenvalue weighted by Crippen LogP contribution is 2.35. The van der Waals surface area contributed by atoms with Crippen LogP contribution in [0.5, 0.6) is 0 Å². The summed E-state index contributed by atoms with van der Waals surface area (Å²) in [6.45, 7) is -0.568. The first-order valence-corrected chi connectivity index (χ1v) is 3.87. The van der Waals surface area contributed by atoms with Gasteiger partial charge in [-0.2, -0.15) is 22.0 Å². The molecule has 0 spiro atoms. The summed E-state index contributed by atoms with van der Waals surface area (Å²) in [5.74, 6) is -7.85. The molecule has 0 atom stereocenters. The zero-order valence-electron chi connectivity index (χ0n) is 7.52. The summed E-state index contributed by atoms with van der Waals surface area (Å²) in [6, 6.07) is 1.21. The number of nitrogens with zero attached hydrogens (tertiary/aromatic N) is 1. The summed E-state index contributed by atoms with van der Waals surface area (Å²) < 4.78 is 64.1. The second-order valence-corrected chi connectivity index (χ2v) is 2.75. The summed E-state index contributed by atoms with van der Waals surface area (Å²) in [4.78, 5) is 10.6. The Morgan fingerprint density at radius 3 is 2.44 bits per heavy atom. The van der Waals surface area contributed by atoms with E-state index in [0.717, 1.165) is 6.26 Å². The van der Waals surface area contributed by atoms with Gasteiger partial charge in [0.2, 0.25) is 0 Å². The number of amides is 1. The molecule has 1 aromatic heterocycles. The first-order chi connectivity index (χ1) is 7.25. The van der Waals surface area contributed by atoms with Crippen molar-refractivity contribution in [2.24, 2.45) is 0 Å². The van der Waals surface area contributed by atoms with Gasteiger partial charge in [-0.25, -0.2) is 0 Å². The molecular formula is C7H5F5N2O2. The van der Waals surface area contributed by atoms with Crippen LogP contribution in [0, 0.1) is 0 Å². The van der Waals surface area contributed by atoms with Gasteiger partial charge in [0.05, 0.1) is 6.54 Å². The summed E-state index contributed by atoms with van der Waals surface area (Å²) in [5, 5.41) is 4.62. The Bertz CT molecular complexity index is 359. The van der Waals surface area contributed by atoms with E-state index >= 15 is 0 Å². The number of hydrogen-bond acceptors (Lipinski definition) is 3. The van der Waals surface area contributed by atoms with Gasteiger partial charge in [-0.1, -0.05) is 5.16 Å². The van der Waals surface area contributed by atoms with E-state index in [2.05, 4.69) is 9.68 Å². The van der Waals surface area contributed by atoms with E-state index in [9.17, 15) is 26.7 Å². The van der Waals surface area contributed by atoms with Crippen molar-refractivity contribution in [3.05, 3.63) is 18.0 Å². The molecule has 0 saturated carbocycles. The lowest BCUT2D eigenvalue weighted by atomic mass is 10.3. The van der Waals surface area contributed by atoms with E-state index in [1.807, 2.05) is 0 Å². The maximum atomic E-state index is 12.4. The number of carbonyl (C=O) groups is 1. The summed E-state index contributed by atoms with van der Waals surface area (Å²) in [5.41, 5.74) is 0.0336. The highest BCUT2D eigenvalue weighted by molar-refractivity contribution is 5.84. The SMILES string of the molecule is O=C(NCc1ccon1)C(F)(F)C(F)(F)F. The molecule has 1 rings (SSSR count). The van der Waals surface area contributed by atoms with Crippen molar-refractivity contribution < 1.29 is 31.3 Å². The van der Waals surface area contributed by atoms with Gasteiger partial charge in [-0.15, -0.1) is 0 Å². The van der Waals surface area contributed by atoms with Gasteiger partial charge in [-0.05, 0) is 0 Å². The molecule has 0 aromatic carbocycles. The molecule has 1 aromatic rings. The molecule has 0 fully saturated rings. The number of nitrogens with one attached hydrogen (secondary N) is 1. The van der Waals surface area contributed by atoms with Gasteiger partial charge >= 0.3 is 18.0 Å². The van der Waals surface area contributed by atoms with Crippen LogP contribution in [0.1, 0.15) is 5.69 Å². The van der Waals surface area contributed by atoms with E-state index in [-0.39, 0.29) is 5.69 Å². The molecule has 16 heavy (non-hydrogen) atoms. The number of carbonyl (C=O) groups excluding carboxylic acids is 1. The van der Waals surface area contributed by atoms with Crippen LogP contribution >= 0.6 is 0 Å². The molecule has 0 aliphatic heterocycles. The Morgan fingerprint density at radius 1 is 1.38 bits per heavy atom. The monoisotopic (exact) mass is 244 g/mol. The van der Waals surface area contributed by atoms with Crippen molar-refractivity contribution in [1.82, 2.24) is 10.5 Å². The zero-order valence-corrected chi connectivity index (χ0v) is 7.52. The summed E-state index contributed by atoms with van der Waals surface area (Å²) >= 11 is 0. The molecule has 0 aliphatic carbocycles. The molecule has 0 radical (unpaired) electrons. The predicted octanol–water partition coefficient (Wildman–Crippen LogP) is 1.49. The lowest BCUT2D eigenvalue weighted by molar-refractivity contribution is -0.269. The van der Waals surface area contributed by atoms with Crippen LogP contribution in [0.3, 0.4) is 0 Å². The minimum atomic E-state index is -5.92. The molecule has 4 nitrogen and oxygen atoms in total. The molecule has 1 N–H and O–H groups in total. The standard InChI is InChI=1S/C7H5F5N2O2/c8-6(9,7(10,11)12)5(15)13-3-4-1-2-16-14-4/h1-2H,3H2,(H,13,15). The molecule has 9 heteroatoms. The fourth-order valence-electron chi connectivity index (χ4n) is 0.739. The van der Waals surface area contributed by atoms with Gasteiger partial charge in [0, 0.05) is 6.07 Å². The van der Waals surface area contributed by atoms with Crippen molar-refractivity contribution >= 4 is 5.91 Å². The average molecular weight is 244 g/mol. The molecule has 1 heterocycles. The predicted molar refractivity (Wildman–Crippen MR) is 39.4 cm³/mol. The van der Waals surface area contributed by atoms with Gasteiger partial charge in [0.25, 0.3) is 0 Å². The summed E-state index contributed by atoms with van der Waals surface area (Å²) in [7, 11) is 0. The van der Waals surface area contributed by atoms with E-state index in [0.29, 0.717) is 0 Å². The number of hydrogen-bond donors (Lipinski definition) is 1. The quantitative estimate of drug-likeness (QED) is 0.819. The molecular weight excluding hydrogens is 239 g/mol. The van der Waals surface area contributed by atoms with Crippen molar-refractivity contribution in [2.75, 3.05) is 0 Å². The average Bonchev–Trinajstić information content (AvgIpc) is 2.64. The fourth-order valence-corrected chi connectivity index (χ4v) is 0.739. The van der Waals surface area contributed by atoms with Gasteiger partial charge in [0.15, 0.2) is 0 Å². The van der Waals surface area contributed by atoms with E-state index < -0.39 is 24.6 Å². The first kappa shape index (κ1) is 12.4. The Morgan fingerprint density at radius 2 is 2.00 bits per heavy atom. The number of halogens is 5. The second-order valence-electron chi connectivity index (χ2n) is 2.75. The maximum absolute atomic E-state index is 12.4. The van der Waals surface area contributed by atoms with E-state index in [1.54, 1.807) is 0 Å². The van der Waals surface area contributed by atoms with Crippen LogP contribution in [0.15, 0.2) is 16.9 Å². The Hall–Kier alpha value is -1.67. The summed E-state index contributed by atoms with van der Waals surface area (Å²) in [6.07, 6.45) is -4.83. The lowest BCUT2D eigenvalue weighted by Crippen LogP contribution is -2.50. The third kappa shape index (κ3) is 2.47. The Labute approximate surface area is 85.4 Å². The van der Waals surface area contributed by atoms with Gasteiger partial charge < -0.3 is 9.84 Å². The topological polar surface area (TPSA) is 55.1 Å². The highest BCUT2D eigenvalue weighted by Gasteiger charge is 2.63. The molecule has 0 bridgehead atoms. The van der Waals surface area contributed by atoms with Crippen LogP contribution < -0.4 is 5.32 Å². The van der Waals surface area contributed by atoms with Crippen molar-refractivity contribution in [3.63, 3.8) is 0 Å². The number of alkyl halides is 5. The van der Waals surface area contributed by atoms with Crippen LogP contribution in [0.4, 0.5) is 22.0 Å². The first-order valence-electron chi connectivity index (χ1n) is 3.87. The highest BCUT2D eigenvalue weighted by atomic mass is 19.4. The minimum absolute atomic E-state index is 0.0336. The molecule has 0 saturated heterocycles. The maximum Gasteiger partial charge on any atom is 0.463 e. The lowest BCUT2D eigenvalue weighted by Gasteiger charge is -2.18. The zero-order chi connectivity index (χ0) is 12.4. The van der Waals surface area contributed by atoms with Crippen molar-refractivity contribution in [2.45, 2.75) is 18.6 Å². The molecule has 90 valence electrons. The normalized spacial score (nSPS) is 12.6. The van der Waals surface area contributed by atoms with Crippen LogP contribution in [0.25, 0.3) is 0 Å². The minimum Gasteiger partial charge on any atom is -0.364 e. The van der Waals surface area contributed by atoms with Crippen LogP contribution in [-0.4, -0.2) is 23.2 Å². The van der Waals surface area contributed by atoms with Crippen molar-refractivity contribution in [3.8, 4) is 0 Å². The van der Waals surface area contributed by atoms with E-state index in [1.165, 1.54) is 11.4 Å². The molecule has 0 aliphatic rings. The molecule has 1 amide bonds. The Balaban J connectivity index is 2.59. The largest absolute Gasteiger partial charge is 0.463 e. The fraction of sp³-hybridized carbons (Fsp3) is 0.429. The third-order valence-electron chi connectivity index (χ3n) is 1.56. The third-order valence-corrected chi connectivity index (χ3v) is 1.56. The van der Waals surface area contributed by atoms with Crippen LogP contribution in [-0.2, 0) is 11.3 Å². The smallest absolute Gasteiger partial charge is 0.364 e. The molecule has 0 unspecified atom stereocenters.